The van der Waals surface area contributed by atoms with E-state index >= 15 is 0 Å². The second-order valence-corrected chi connectivity index (χ2v) is 4.96. The molecule has 1 atom stereocenters. The molecular formula is C12H20F3N3OS. The van der Waals surface area contributed by atoms with Gasteiger partial charge in [-0.05, 0) is 19.3 Å². The Hall–Kier alpha value is -1.31. The number of ether oxygens (including phenoxy) is 1. The Morgan fingerprint density at radius 1 is 1.50 bits per heavy atom. The minimum absolute atomic E-state index is 0.0396. The summed E-state index contributed by atoms with van der Waals surface area (Å²) in [6, 6.07) is 0. The monoisotopic (exact) mass is 311 g/mol. The van der Waals surface area contributed by atoms with E-state index in [1.807, 2.05) is 0 Å². The number of aliphatic imine (C=N–C) groups is 1. The lowest BCUT2D eigenvalue weighted by Gasteiger charge is -2.40. The van der Waals surface area contributed by atoms with E-state index in [1.165, 1.54) is 26.3 Å². The van der Waals surface area contributed by atoms with Gasteiger partial charge < -0.3 is 15.4 Å². The van der Waals surface area contributed by atoms with Crippen molar-refractivity contribution in [1.82, 2.24) is 4.90 Å². The smallest absolute Gasteiger partial charge is 0.413 e. The summed E-state index contributed by atoms with van der Waals surface area (Å²) < 4.78 is 45.1. The van der Waals surface area contributed by atoms with Crippen molar-refractivity contribution in [2.75, 3.05) is 27.0 Å². The largest absolute Gasteiger partial charge is 0.482 e. The predicted octanol–water partition coefficient (Wildman–Crippen LogP) is 2.59. The molecule has 0 aromatic carbocycles. The molecule has 0 bridgehead atoms. The predicted molar refractivity (Wildman–Crippen MR) is 77.5 cm³/mol. The van der Waals surface area contributed by atoms with Crippen molar-refractivity contribution in [2.24, 2.45) is 10.7 Å². The van der Waals surface area contributed by atoms with Gasteiger partial charge in [-0.3, -0.25) is 4.99 Å². The highest BCUT2D eigenvalue weighted by molar-refractivity contribution is 8.13. The number of thioether (sulfide) groups is 1. The maximum Gasteiger partial charge on any atom is 0.413 e. The highest BCUT2D eigenvalue weighted by Crippen LogP contribution is 2.37. The van der Waals surface area contributed by atoms with Crippen molar-refractivity contribution < 1.29 is 17.9 Å². The Balaban J connectivity index is 5.55. The topological polar surface area (TPSA) is 50.8 Å². The number of amidine groups is 1. The van der Waals surface area contributed by atoms with Gasteiger partial charge in [-0.1, -0.05) is 24.4 Å². The van der Waals surface area contributed by atoms with Crippen molar-refractivity contribution >= 4 is 16.9 Å². The number of nitrogens with two attached hydrogens (primary N) is 1. The molecule has 0 spiro atoms. The van der Waals surface area contributed by atoms with Gasteiger partial charge in [-0.2, -0.15) is 13.2 Å². The number of rotatable bonds is 6. The third kappa shape index (κ3) is 4.36. The molecule has 2 N–H and O–H groups in total. The van der Waals surface area contributed by atoms with Gasteiger partial charge in [0.1, 0.15) is 0 Å². The summed E-state index contributed by atoms with van der Waals surface area (Å²) in [5.41, 5.74) is 3.22. The van der Waals surface area contributed by atoms with Crippen LogP contribution in [0.25, 0.3) is 0 Å². The van der Waals surface area contributed by atoms with Gasteiger partial charge in [-0.15, -0.1) is 0 Å². The van der Waals surface area contributed by atoms with Crippen molar-refractivity contribution in [1.29, 1.82) is 0 Å². The molecular weight excluding hydrogens is 291 g/mol. The van der Waals surface area contributed by atoms with Gasteiger partial charge in [0.15, 0.2) is 16.6 Å². The van der Waals surface area contributed by atoms with Crippen LogP contribution in [0.2, 0.25) is 0 Å². The number of likely N-dealkylation sites (N-methyl/N-ethyl adjacent to an activating group) is 1. The van der Waals surface area contributed by atoms with Gasteiger partial charge in [0, 0.05) is 7.05 Å². The Morgan fingerprint density at radius 3 is 2.40 bits per heavy atom. The summed E-state index contributed by atoms with van der Waals surface area (Å²) in [6.07, 6.45) is -0.161. The Labute approximate surface area is 121 Å². The van der Waals surface area contributed by atoms with Crippen LogP contribution >= 0.6 is 11.8 Å². The zero-order valence-electron chi connectivity index (χ0n) is 12.0. The first kappa shape index (κ1) is 18.7. The van der Waals surface area contributed by atoms with E-state index in [-0.39, 0.29) is 11.1 Å². The van der Waals surface area contributed by atoms with Crippen LogP contribution in [-0.4, -0.2) is 48.7 Å². The average molecular weight is 311 g/mol. The number of nitrogens with zero attached hydrogens (tertiary/aromatic N) is 2. The zero-order chi connectivity index (χ0) is 16.0. The minimum Gasteiger partial charge on any atom is -0.482 e. The van der Waals surface area contributed by atoms with Gasteiger partial charge in [-0.25, -0.2) is 0 Å². The van der Waals surface area contributed by atoms with Crippen LogP contribution in [0.15, 0.2) is 29.6 Å². The molecule has 0 saturated carbocycles. The van der Waals surface area contributed by atoms with Crippen LogP contribution in [0.1, 0.15) is 6.92 Å². The lowest BCUT2D eigenvalue weighted by molar-refractivity contribution is -0.218. The van der Waals surface area contributed by atoms with Crippen LogP contribution in [-0.2, 0) is 4.74 Å². The maximum absolute atomic E-state index is 13.4. The van der Waals surface area contributed by atoms with Gasteiger partial charge >= 0.3 is 6.18 Å². The second-order valence-electron chi connectivity index (χ2n) is 4.13. The standard InChI is InChI=1S/C12H20F3N3OS/c1-6-7-9(19-4)18(3)11(2,12(13,14)15)8-17-10(16)20-5/h6-7H,1,8H2,2-5H3,(H2,16,17)/b9-7+. The van der Waals surface area contributed by atoms with E-state index in [0.29, 0.717) is 0 Å². The fourth-order valence-corrected chi connectivity index (χ4v) is 1.54. The number of halogens is 3. The first-order valence-electron chi connectivity index (χ1n) is 5.65. The minimum atomic E-state index is -4.51. The Kier molecular flexibility index (Phi) is 6.98. The molecule has 0 aliphatic carbocycles. The fraction of sp³-hybridized carbons (Fsp3) is 0.583. The normalized spacial score (nSPS) is 16.6. The summed E-state index contributed by atoms with van der Waals surface area (Å²) >= 11 is 1.09. The van der Waals surface area contributed by atoms with Crippen LogP contribution < -0.4 is 5.73 Å². The van der Waals surface area contributed by atoms with E-state index in [2.05, 4.69) is 11.6 Å². The fourth-order valence-electron chi connectivity index (χ4n) is 1.34. The molecule has 116 valence electrons. The Morgan fingerprint density at radius 2 is 2.05 bits per heavy atom. The first-order valence-corrected chi connectivity index (χ1v) is 6.87. The third-order valence-corrected chi connectivity index (χ3v) is 3.45. The van der Waals surface area contributed by atoms with E-state index in [0.717, 1.165) is 23.6 Å². The SMILES string of the molecule is C=C/C=C(/OC)N(C)C(C)(CN=C(N)SC)C(F)(F)F. The quantitative estimate of drug-likeness (QED) is 0.354. The third-order valence-electron chi connectivity index (χ3n) is 2.90. The highest BCUT2D eigenvalue weighted by Gasteiger charge is 2.55. The Bertz CT molecular complexity index is 396. The van der Waals surface area contributed by atoms with Gasteiger partial charge in [0.2, 0.25) is 0 Å². The van der Waals surface area contributed by atoms with Gasteiger partial charge in [0.05, 0.1) is 13.7 Å². The van der Waals surface area contributed by atoms with Gasteiger partial charge in [0.25, 0.3) is 0 Å². The molecule has 0 heterocycles. The molecule has 0 aliphatic heterocycles. The lowest BCUT2D eigenvalue weighted by atomic mass is 10.00. The van der Waals surface area contributed by atoms with E-state index in [4.69, 9.17) is 10.5 Å². The van der Waals surface area contributed by atoms with E-state index < -0.39 is 18.3 Å². The first-order chi connectivity index (χ1) is 9.13. The van der Waals surface area contributed by atoms with E-state index in [1.54, 1.807) is 6.26 Å². The average Bonchev–Trinajstić information content (AvgIpc) is 2.39. The molecule has 1 unspecified atom stereocenters. The summed E-state index contributed by atoms with van der Waals surface area (Å²) in [5, 5.41) is 0.0977. The molecule has 8 heteroatoms. The molecule has 0 saturated heterocycles. The molecule has 0 aromatic rings. The second kappa shape index (κ2) is 7.47. The number of hydrogen-bond donors (Lipinski definition) is 1. The van der Waals surface area contributed by atoms with Crippen molar-refractivity contribution in [3.63, 3.8) is 0 Å². The molecule has 0 radical (unpaired) electrons. The summed E-state index contributed by atoms with van der Waals surface area (Å²) in [4.78, 5) is 4.74. The summed E-state index contributed by atoms with van der Waals surface area (Å²) in [5.74, 6) is 0.0396. The number of alkyl halides is 3. The molecule has 0 aromatic heterocycles. The zero-order valence-corrected chi connectivity index (χ0v) is 12.8. The lowest BCUT2D eigenvalue weighted by Crippen LogP contribution is -2.57. The molecule has 0 fully saturated rings. The van der Waals surface area contributed by atoms with Crippen LogP contribution in [0.4, 0.5) is 13.2 Å². The molecule has 0 aliphatic rings. The summed E-state index contributed by atoms with van der Waals surface area (Å²) in [6.45, 7) is 3.96. The number of hydrogen-bond acceptors (Lipinski definition) is 4. The number of methoxy groups -OCH3 is 1. The van der Waals surface area contributed by atoms with Crippen molar-refractivity contribution in [2.45, 2.75) is 18.6 Å². The van der Waals surface area contributed by atoms with Crippen LogP contribution in [0.3, 0.4) is 0 Å². The van der Waals surface area contributed by atoms with Crippen LogP contribution in [0.5, 0.6) is 0 Å². The van der Waals surface area contributed by atoms with Crippen molar-refractivity contribution in [3.8, 4) is 0 Å². The molecule has 0 amide bonds. The van der Waals surface area contributed by atoms with Crippen LogP contribution in [0, 0.1) is 0 Å². The molecule has 4 nitrogen and oxygen atoms in total. The van der Waals surface area contributed by atoms with Crippen molar-refractivity contribution in [3.05, 3.63) is 24.6 Å². The van der Waals surface area contributed by atoms with E-state index in [9.17, 15) is 13.2 Å². The summed E-state index contributed by atoms with van der Waals surface area (Å²) in [7, 11) is 2.58. The maximum atomic E-state index is 13.4. The highest BCUT2D eigenvalue weighted by atomic mass is 32.2. The number of allylic oxidation sites excluding steroid dienone is 2. The molecule has 0 rings (SSSR count). The molecule has 20 heavy (non-hydrogen) atoms.